The van der Waals surface area contributed by atoms with Gasteiger partial charge in [-0.1, -0.05) is 6.42 Å². The van der Waals surface area contributed by atoms with Crippen LogP contribution < -0.4 is 0 Å². The van der Waals surface area contributed by atoms with E-state index in [-0.39, 0.29) is 0 Å². The molecule has 0 aliphatic carbocycles. The highest BCUT2D eigenvalue weighted by Gasteiger charge is 2.31. The molecule has 0 saturated carbocycles. The molecule has 0 amide bonds. The predicted molar refractivity (Wildman–Crippen MR) is 63.4 cm³/mol. The molecule has 3 heterocycles. The van der Waals surface area contributed by atoms with Crippen molar-refractivity contribution in [1.82, 2.24) is 14.9 Å². The van der Waals surface area contributed by atoms with E-state index in [0.29, 0.717) is 6.04 Å². The lowest BCUT2D eigenvalue weighted by Gasteiger charge is -2.40. The second kappa shape index (κ2) is 3.81. The second-order valence-electron chi connectivity index (χ2n) is 5.02. The van der Waals surface area contributed by atoms with Crippen LogP contribution >= 0.6 is 0 Å². The molecule has 3 nitrogen and oxygen atoms in total. The average Bonchev–Trinajstić information content (AvgIpc) is 2.28. The van der Waals surface area contributed by atoms with Crippen LogP contribution in [0.2, 0.25) is 0 Å². The molecule has 0 spiro atoms. The molecule has 2 aliphatic heterocycles. The Labute approximate surface area is 96.9 Å². The van der Waals surface area contributed by atoms with Crippen LogP contribution in [0, 0.1) is 13.8 Å². The number of hydrogen-bond acceptors (Lipinski definition) is 3. The third kappa shape index (κ3) is 1.54. The van der Waals surface area contributed by atoms with E-state index in [1.54, 1.807) is 0 Å². The minimum Gasteiger partial charge on any atom is -0.294 e. The molecule has 3 heteroatoms. The Morgan fingerprint density at radius 2 is 2.00 bits per heavy atom. The van der Waals surface area contributed by atoms with E-state index in [4.69, 9.17) is 4.98 Å². The first kappa shape index (κ1) is 10.2. The van der Waals surface area contributed by atoms with E-state index in [9.17, 15) is 0 Å². The van der Waals surface area contributed by atoms with Crippen LogP contribution in [-0.4, -0.2) is 28.0 Å². The van der Waals surface area contributed by atoms with Crippen molar-refractivity contribution < 1.29 is 0 Å². The van der Waals surface area contributed by atoms with E-state index in [1.807, 2.05) is 6.92 Å². The van der Waals surface area contributed by atoms with Crippen molar-refractivity contribution in [1.29, 1.82) is 0 Å². The van der Waals surface area contributed by atoms with Gasteiger partial charge in [0.05, 0.1) is 11.7 Å². The molecule has 0 radical (unpaired) electrons. The van der Waals surface area contributed by atoms with Crippen LogP contribution in [0.1, 0.15) is 48.1 Å². The van der Waals surface area contributed by atoms with Crippen LogP contribution in [0.5, 0.6) is 0 Å². The number of nitrogens with zero attached hydrogens (tertiary/aromatic N) is 3. The lowest BCUT2D eigenvalue weighted by molar-refractivity contribution is 0.134. The lowest BCUT2D eigenvalue weighted by atomic mass is 9.90. The van der Waals surface area contributed by atoms with E-state index in [2.05, 4.69) is 16.8 Å². The summed E-state index contributed by atoms with van der Waals surface area (Å²) in [6, 6.07) is 0.581. The summed E-state index contributed by atoms with van der Waals surface area (Å²) in [5.41, 5.74) is 3.96. The molecule has 86 valence electrons. The molecule has 3 rings (SSSR count). The van der Waals surface area contributed by atoms with Crippen LogP contribution in [0.3, 0.4) is 0 Å². The predicted octanol–water partition coefficient (Wildman–Crippen LogP) is 2.18. The van der Waals surface area contributed by atoms with Gasteiger partial charge < -0.3 is 0 Å². The zero-order chi connectivity index (χ0) is 11.1. The van der Waals surface area contributed by atoms with Crippen molar-refractivity contribution in [3.63, 3.8) is 0 Å². The van der Waals surface area contributed by atoms with Gasteiger partial charge in [-0.05, 0) is 45.2 Å². The number of piperidine rings is 1. The van der Waals surface area contributed by atoms with Crippen LogP contribution in [0.25, 0.3) is 0 Å². The number of aromatic nitrogens is 2. The zero-order valence-corrected chi connectivity index (χ0v) is 10.2. The summed E-state index contributed by atoms with van der Waals surface area (Å²) in [4.78, 5) is 11.8. The monoisotopic (exact) mass is 217 g/mol. The molecule has 1 aromatic rings. The SMILES string of the molecule is Cc1nc(C)c2c(n1)C1CCCCN1CC2. The number of rotatable bonds is 0. The van der Waals surface area contributed by atoms with Gasteiger partial charge in [0.25, 0.3) is 0 Å². The molecule has 2 aliphatic rings. The molecule has 1 aromatic heterocycles. The Balaban J connectivity index is 2.06. The maximum absolute atomic E-state index is 4.71. The summed E-state index contributed by atoms with van der Waals surface area (Å²) < 4.78 is 0. The molecular weight excluding hydrogens is 198 g/mol. The maximum atomic E-state index is 4.71. The first-order chi connectivity index (χ1) is 7.75. The summed E-state index contributed by atoms with van der Waals surface area (Å²) in [7, 11) is 0. The highest BCUT2D eigenvalue weighted by molar-refractivity contribution is 5.30. The van der Waals surface area contributed by atoms with E-state index >= 15 is 0 Å². The van der Waals surface area contributed by atoms with Gasteiger partial charge in [0.15, 0.2) is 0 Å². The topological polar surface area (TPSA) is 29.0 Å². The number of fused-ring (bicyclic) bond motifs is 3. The van der Waals surface area contributed by atoms with Gasteiger partial charge in [0.2, 0.25) is 0 Å². The van der Waals surface area contributed by atoms with E-state index in [1.165, 1.54) is 49.3 Å². The molecule has 1 saturated heterocycles. The summed E-state index contributed by atoms with van der Waals surface area (Å²) in [6.07, 6.45) is 5.12. The Morgan fingerprint density at radius 1 is 1.12 bits per heavy atom. The van der Waals surface area contributed by atoms with Gasteiger partial charge in [-0.15, -0.1) is 0 Å². The maximum Gasteiger partial charge on any atom is 0.125 e. The standard InChI is InChI=1S/C13H19N3/c1-9-11-6-8-16-7-4-3-5-12(16)13(11)15-10(2)14-9/h12H,3-8H2,1-2H3. The average molecular weight is 217 g/mol. The lowest BCUT2D eigenvalue weighted by Crippen LogP contribution is -2.40. The molecule has 1 fully saturated rings. The molecular formula is C13H19N3. The fourth-order valence-electron chi connectivity index (χ4n) is 3.17. The molecule has 0 aromatic carbocycles. The first-order valence-corrected chi connectivity index (χ1v) is 6.34. The molecule has 0 N–H and O–H groups in total. The minimum atomic E-state index is 0.581. The fourth-order valence-corrected chi connectivity index (χ4v) is 3.17. The molecule has 16 heavy (non-hydrogen) atoms. The Kier molecular flexibility index (Phi) is 2.43. The quantitative estimate of drug-likeness (QED) is 0.667. The summed E-state index contributed by atoms with van der Waals surface area (Å²) in [6.45, 7) is 6.60. The smallest absolute Gasteiger partial charge is 0.125 e. The Hall–Kier alpha value is -0.960. The zero-order valence-electron chi connectivity index (χ0n) is 10.2. The summed E-state index contributed by atoms with van der Waals surface area (Å²) in [5, 5.41) is 0. The van der Waals surface area contributed by atoms with Crippen molar-refractivity contribution >= 4 is 0 Å². The van der Waals surface area contributed by atoms with Gasteiger partial charge in [0, 0.05) is 12.2 Å². The van der Waals surface area contributed by atoms with Crippen LogP contribution in [0.15, 0.2) is 0 Å². The first-order valence-electron chi connectivity index (χ1n) is 6.34. The van der Waals surface area contributed by atoms with Gasteiger partial charge in [-0.25, -0.2) is 9.97 Å². The minimum absolute atomic E-state index is 0.581. The summed E-state index contributed by atoms with van der Waals surface area (Å²) >= 11 is 0. The van der Waals surface area contributed by atoms with Crippen LogP contribution in [-0.2, 0) is 6.42 Å². The highest BCUT2D eigenvalue weighted by atomic mass is 15.2. The van der Waals surface area contributed by atoms with Gasteiger partial charge in [-0.2, -0.15) is 0 Å². The van der Waals surface area contributed by atoms with Crippen molar-refractivity contribution in [3.8, 4) is 0 Å². The van der Waals surface area contributed by atoms with Gasteiger partial charge in [-0.3, -0.25) is 4.90 Å². The van der Waals surface area contributed by atoms with Gasteiger partial charge in [0.1, 0.15) is 5.82 Å². The molecule has 1 unspecified atom stereocenters. The van der Waals surface area contributed by atoms with E-state index < -0.39 is 0 Å². The summed E-state index contributed by atoms with van der Waals surface area (Å²) in [5.74, 6) is 0.934. The molecule has 1 atom stereocenters. The number of hydrogen-bond donors (Lipinski definition) is 0. The van der Waals surface area contributed by atoms with Crippen molar-refractivity contribution in [2.24, 2.45) is 0 Å². The van der Waals surface area contributed by atoms with Crippen molar-refractivity contribution in [2.75, 3.05) is 13.1 Å². The van der Waals surface area contributed by atoms with Crippen LogP contribution in [0.4, 0.5) is 0 Å². The number of aryl methyl sites for hydroxylation is 2. The fraction of sp³-hybridized carbons (Fsp3) is 0.692. The normalized spacial score (nSPS) is 25.0. The van der Waals surface area contributed by atoms with Crippen molar-refractivity contribution in [2.45, 2.75) is 45.6 Å². The Morgan fingerprint density at radius 3 is 2.88 bits per heavy atom. The highest BCUT2D eigenvalue weighted by Crippen LogP contribution is 2.35. The van der Waals surface area contributed by atoms with Gasteiger partial charge >= 0.3 is 0 Å². The second-order valence-corrected chi connectivity index (χ2v) is 5.02. The largest absolute Gasteiger partial charge is 0.294 e. The third-order valence-electron chi connectivity index (χ3n) is 3.94. The molecule has 0 bridgehead atoms. The Bertz CT molecular complexity index is 414. The third-order valence-corrected chi connectivity index (χ3v) is 3.94. The van der Waals surface area contributed by atoms with Crippen molar-refractivity contribution in [3.05, 3.63) is 22.8 Å². The van der Waals surface area contributed by atoms with E-state index in [0.717, 1.165) is 12.2 Å².